The first-order chi connectivity index (χ1) is 9.26. The second-order valence-corrected chi connectivity index (χ2v) is 7.21. The SMILES string of the molecule is CC(C)(C)c1cc(C#N)n(S(=O)(=O)c2ccccc2)n1. The minimum Gasteiger partial charge on any atom is -0.199 e. The minimum absolute atomic E-state index is 0.0128. The Morgan fingerprint density at radius 1 is 1.20 bits per heavy atom. The molecule has 0 amide bonds. The number of nitrogens with zero attached hydrogens (tertiary/aromatic N) is 3. The molecule has 1 aromatic heterocycles. The summed E-state index contributed by atoms with van der Waals surface area (Å²) < 4.78 is 25.8. The Balaban J connectivity index is 2.65. The highest BCUT2D eigenvalue weighted by Gasteiger charge is 2.26. The summed E-state index contributed by atoms with van der Waals surface area (Å²) in [7, 11) is -3.84. The van der Waals surface area contributed by atoms with Gasteiger partial charge in [-0.1, -0.05) is 39.0 Å². The number of hydrogen-bond acceptors (Lipinski definition) is 4. The van der Waals surface area contributed by atoms with E-state index in [1.807, 2.05) is 26.8 Å². The zero-order chi connectivity index (χ0) is 15.0. The van der Waals surface area contributed by atoms with Crippen molar-refractivity contribution in [2.75, 3.05) is 0 Å². The summed E-state index contributed by atoms with van der Waals surface area (Å²) in [5.41, 5.74) is 0.246. The van der Waals surface area contributed by atoms with Gasteiger partial charge in [-0.15, -0.1) is 4.09 Å². The molecule has 5 nitrogen and oxygen atoms in total. The van der Waals surface area contributed by atoms with E-state index in [0.717, 1.165) is 4.09 Å². The molecule has 0 aliphatic rings. The first-order valence-corrected chi connectivity index (χ1v) is 7.52. The van der Waals surface area contributed by atoms with Crippen molar-refractivity contribution < 1.29 is 8.42 Å². The zero-order valence-electron chi connectivity index (χ0n) is 11.5. The molecular formula is C14H15N3O2S. The Labute approximate surface area is 118 Å². The molecule has 0 atom stereocenters. The van der Waals surface area contributed by atoms with E-state index in [2.05, 4.69) is 5.10 Å². The standard InChI is InChI=1S/C14H15N3O2S/c1-14(2,3)13-9-11(10-15)17(16-13)20(18,19)12-7-5-4-6-8-12/h4-9H,1-3H3. The van der Waals surface area contributed by atoms with Gasteiger partial charge in [0.1, 0.15) is 6.07 Å². The van der Waals surface area contributed by atoms with E-state index in [4.69, 9.17) is 5.26 Å². The van der Waals surface area contributed by atoms with Crippen molar-refractivity contribution >= 4 is 10.0 Å². The zero-order valence-corrected chi connectivity index (χ0v) is 12.3. The highest BCUT2D eigenvalue weighted by molar-refractivity contribution is 7.89. The lowest BCUT2D eigenvalue weighted by Gasteiger charge is -2.14. The molecule has 0 N–H and O–H groups in total. The molecule has 104 valence electrons. The van der Waals surface area contributed by atoms with E-state index >= 15 is 0 Å². The Kier molecular flexibility index (Phi) is 3.40. The highest BCUT2D eigenvalue weighted by Crippen LogP contribution is 2.24. The minimum atomic E-state index is -3.84. The van der Waals surface area contributed by atoms with E-state index in [-0.39, 0.29) is 16.0 Å². The Hall–Kier alpha value is -2.13. The molecule has 0 aliphatic heterocycles. The third-order valence-electron chi connectivity index (χ3n) is 2.83. The first kappa shape index (κ1) is 14.3. The van der Waals surface area contributed by atoms with Crippen molar-refractivity contribution in [3.05, 3.63) is 47.8 Å². The molecule has 6 heteroatoms. The van der Waals surface area contributed by atoms with Crippen molar-refractivity contribution in [1.82, 2.24) is 9.19 Å². The van der Waals surface area contributed by atoms with Crippen molar-refractivity contribution in [2.45, 2.75) is 31.1 Å². The second-order valence-electron chi connectivity index (χ2n) is 5.44. The maximum absolute atomic E-state index is 12.5. The molecule has 0 fully saturated rings. The van der Waals surface area contributed by atoms with Gasteiger partial charge in [0.25, 0.3) is 10.0 Å². The lowest BCUT2D eigenvalue weighted by Crippen LogP contribution is -2.18. The van der Waals surface area contributed by atoms with Crippen molar-refractivity contribution in [2.24, 2.45) is 0 Å². The molecule has 0 bridgehead atoms. The molecule has 0 saturated heterocycles. The Bertz CT molecular complexity index is 763. The number of hydrogen-bond donors (Lipinski definition) is 0. The molecule has 0 unspecified atom stereocenters. The molecule has 1 aromatic carbocycles. The summed E-state index contributed by atoms with van der Waals surface area (Å²) in [6, 6.07) is 11.4. The van der Waals surface area contributed by atoms with Crippen LogP contribution in [0.25, 0.3) is 0 Å². The van der Waals surface area contributed by atoms with E-state index < -0.39 is 10.0 Å². The van der Waals surface area contributed by atoms with Crippen LogP contribution in [0.2, 0.25) is 0 Å². The van der Waals surface area contributed by atoms with Gasteiger partial charge in [0, 0.05) is 5.41 Å². The van der Waals surface area contributed by atoms with Crippen LogP contribution in [0.1, 0.15) is 32.2 Å². The number of benzene rings is 1. The predicted octanol–water partition coefficient (Wildman–Crippen LogP) is 2.29. The highest BCUT2D eigenvalue weighted by atomic mass is 32.2. The van der Waals surface area contributed by atoms with Crippen LogP contribution in [0.15, 0.2) is 41.3 Å². The summed E-state index contributed by atoms with van der Waals surface area (Å²) in [5.74, 6) is 0. The van der Waals surface area contributed by atoms with Gasteiger partial charge in [-0.25, -0.2) is 0 Å². The van der Waals surface area contributed by atoms with Gasteiger partial charge in [-0.05, 0) is 18.2 Å². The Morgan fingerprint density at radius 3 is 2.30 bits per heavy atom. The summed E-state index contributed by atoms with van der Waals surface area (Å²) in [6.07, 6.45) is 0. The molecule has 1 heterocycles. The fraction of sp³-hybridized carbons (Fsp3) is 0.286. The van der Waals surface area contributed by atoms with Crippen molar-refractivity contribution in [1.29, 1.82) is 5.26 Å². The topological polar surface area (TPSA) is 75.8 Å². The number of aromatic nitrogens is 2. The van der Waals surface area contributed by atoms with E-state index in [9.17, 15) is 8.42 Å². The molecule has 2 aromatic rings. The van der Waals surface area contributed by atoms with Crippen LogP contribution in [0.5, 0.6) is 0 Å². The monoisotopic (exact) mass is 289 g/mol. The van der Waals surface area contributed by atoms with Gasteiger partial charge < -0.3 is 0 Å². The van der Waals surface area contributed by atoms with Crippen molar-refractivity contribution in [3.63, 3.8) is 0 Å². The van der Waals surface area contributed by atoms with E-state index in [1.165, 1.54) is 18.2 Å². The van der Waals surface area contributed by atoms with Gasteiger partial charge in [0.05, 0.1) is 10.6 Å². The maximum atomic E-state index is 12.5. The number of rotatable bonds is 2. The third-order valence-corrected chi connectivity index (χ3v) is 4.43. The van der Waals surface area contributed by atoms with Gasteiger partial charge in [-0.3, -0.25) is 0 Å². The number of nitriles is 1. The molecule has 2 rings (SSSR count). The summed E-state index contributed by atoms with van der Waals surface area (Å²) in [5, 5.41) is 13.2. The van der Waals surface area contributed by atoms with Crippen LogP contribution in [0.3, 0.4) is 0 Å². The van der Waals surface area contributed by atoms with Gasteiger partial charge >= 0.3 is 0 Å². The summed E-state index contributed by atoms with van der Waals surface area (Å²) >= 11 is 0. The lowest BCUT2D eigenvalue weighted by molar-refractivity contribution is 0.552. The quantitative estimate of drug-likeness (QED) is 0.850. The van der Waals surface area contributed by atoms with E-state index in [1.54, 1.807) is 18.2 Å². The summed E-state index contributed by atoms with van der Waals surface area (Å²) in [4.78, 5) is 0.111. The average molecular weight is 289 g/mol. The maximum Gasteiger partial charge on any atom is 0.284 e. The summed E-state index contributed by atoms with van der Waals surface area (Å²) in [6.45, 7) is 5.74. The fourth-order valence-electron chi connectivity index (χ4n) is 1.68. The average Bonchev–Trinajstić information content (AvgIpc) is 2.84. The largest absolute Gasteiger partial charge is 0.284 e. The third kappa shape index (κ3) is 2.45. The van der Waals surface area contributed by atoms with Crippen molar-refractivity contribution in [3.8, 4) is 6.07 Å². The van der Waals surface area contributed by atoms with Gasteiger partial charge in [0.2, 0.25) is 0 Å². The normalized spacial score (nSPS) is 12.1. The molecule has 0 radical (unpaired) electrons. The molecule has 0 saturated carbocycles. The van der Waals surface area contributed by atoms with Crippen LogP contribution in [0, 0.1) is 11.3 Å². The van der Waals surface area contributed by atoms with Crippen LogP contribution in [0.4, 0.5) is 0 Å². The van der Waals surface area contributed by atoms with Crippen LogP contribution in [-0.2, 0) is 15.4 Å². The molecule has 20 heavy (non-hydrogen) atoms. The van der Waals surface area contributed by atoms with Crippen LogP contribution in [-0.4, -0.2) is 17.6 Å². The smallest absolute Gasteiger partial charge is 0.199 e. The predicted molar refractivity (Wildman–Crippen MR) is 74.7 cm³/mol. The van der Waals surface area contributed by atoms with Crippen LogP contribution < -0.4 is 0 Å². The van der Waals surface area contributed by atoms with Crippen LogP contribution >= 0.6 is 0 Å². The first-order valence-electron chi connectivity index (χ1n) is 6.08. The van der Waals surface area contributed by atoms with Gasteiger partial charge in [0.15, 0.2) is 5.69 Å². The molecule has 0 spiro atoms. The fourth-order valence-corrected chi connectivity index (χ4v) is 2.93. The molecule has 0 aliphatic carbocycles. The molecular weight excluding hydrogens is 274 g/mol. The van der Waals surface area contributed by atoms with Gasteiger partial charge in [-0.2, -0.15) is 18.8 Å². The van der Waals surface area contributed by atoms with E-state index in [0.29, 0.717) is 5.69 Å². The second kappa shape index (κ2) is 4.76. The Morgan fingerprint density at radius 2 is 1.80 bits per heavy atom. The lowest BCUT2D eigenvalue weighted by atomic mass is 9.92.